The lowest BCUT2D eigenvalue weighted by Gasteiger charge is -2.22. The number of nitrogens with zero attached hydrogens (tertiary/aromatic N) is 3. The second-order valence-corrected chi connectivity index (χ2v) is 6.53. The van der Waals surface area contributed by atoms with E-state index in [4.69, 9.17) is 4.84 Å². The second kappa shape index (κ2) is 7.37. The molecule has 21 heavy (non-hydrogen) atoms. The Hall–Kier alpha value is -1.67. The molecule has 0 radical (unpaired) electrons. The van der Waals surface area contributed by atoms with Gasteiger partial charge in [0.25, 0.3) is 0 Å². The Kier molecular flexibility index (Phi) is 5.51. The van der Waals surface area contributed by atoms with Crippen molar-refractivity contribution in [2.45, 2.75) is 4.90 Å². The van der Waals surface area contributed by atoms with Gasteiger partial charge in [-0.2, -0.15) is 0 Å². The SMILES string of the molecule is CN1CC(=NOC(=O)N(C)Sc2ccccc2)SCC1=O. The van der Waals surface area contributed by atoms with Crippen molar-refractivity contribution in [1.82, 2.24) is 9.21 Å². The molecule has 0 saturated carbocycles. The molecular formula is C13H15N3O3S2. The maximum atomic E-state index is 11.8. The van der Waals surface area contributed by atoms with E-state index >= 15 is 0 Å². The maximum Gasteiger partial charge on any atom is 0.446 e. The molecule has 1 aromatic carbocycles. The summed E-state index contributed by atoms with van der Waals surface area (Å²) in [6.45, 7) is 0.367. The van der Waals surface area contributed by atoms with E-state index < -0.39 is 6.09 Å². The minimum absolute atomic E-state index is 0.0435. The lowest BCUT2D eigenvalue weighted by atomic mass is 10.4. The molecular weight excluding hydrogens is 310 g/mol. The van der Waals surface area contributed by atoms with Gasteiger partial charge in [-0.05, 0) is 24.1 Å². The van der Waals surface area contributed by atoms with Crippen molar-refractivity contribution in [3.8, 4) is 0 Å². The number of amides is 2. The van der Waals surface area contributed by atoms with E-state index in [9.17, 15) is 9.59 Å². The molecule has 2 amide bonds. The van der Waals surface area contributed by atoms with Crippen LogP contribution in [-0.4, -0.2) is 52.6 Å². The van der Waals surface area contributed by atoms with Gasteiger partial charge in [0.05, 0.1) is 12.3 Å². The molecule has 0 atom stereocenters. The zero-order valence-corrected chi connectivity index (χ0v) is 13.3. The summed E-state index contributed by atoms with van der Waals surface area (Å²) >= 11 is 2.55. The highest BCUT2D eigenvalue weighted by Crippen LogP contribution is 2.21. The van der Waals surface area contributed by atoms with Gasteiger partial charge in [0.15, 0.2) is 0 Å². The Bertz CT molecular complexity index is 551. The van der Waals surface area contributed by atoms with Gasteiger partial charge >= 0.3 is 6.09 Å². The fraction of sp³-hybridized carbons (Fsp3) is 0.308. The van der Waals surface area contributed by atoms with Crippen molar-refractivity contribution in [2.24, 2.45) is 5.16 Å². The molecule has 1 heterocycles. The van der Waals surface area contributed by atoms with E-state index in [1.807, 2.05) is 30.3 Å². The number of carbonyl (C=O) groups is 2. The Labute approximate surface area is 131 Å². The summed E-state index contributed by atoms with van der Waals surface area (Å²) in [6, 6.07) is 9.50. The third-order valence-corrected chi connectivity index (χ3v) is 4.46. The van der Waals surface area contributed by atoms with Crippen molar-refractivity contribution < 1.29 is 14.4 Å². The highest BCUT2D eigenvalue weighted by atomic mass is 32.2. The quantitative estimate of drug-likeness (QED) is 0.485. The van der Waals surface area contributed by atoms with Crippen LogP contribution in [0.5, 0.6) is 0 Å². The summed E-state index contributed by atoms with van der Waals surface area (Å²) in [4.78, 5) is 30.5. The predicted molar refractivity (Wildman–Crippen MR) is 84.1 cm³/mol. The third kappa shape index (κ3) is 4.68. The molecule has 1 aromatic rings. The average Bonchev–Trinajstić information content (AvgIpc) is 2.49. The molecule has 112 valence electrons. The second-order valence-electron chi connectivity index (χ2n) is 4.28. The number of oxime groups is 1. The average molecular weight is 325 g/mol. The summed E-state index contributed by atoms with van der Waals surface area (Å²) in [6.07, 6.45) is -0.559. The molecule has 1 aliphatic heterocycles. The molecule has 0 aliphatic carbocycles. The van der Waals surface area contributed by atoms with Crippen molar-refractivity contribution in [3.63, 3.8) is 0 Å². The highest BCUT2D eigenvalue weighted by molar-refractivity contribution is 8.14. The van der Waals surface area contributed by atoms with E-state index in [0.717, 1.165) is 4.90 Å². The van der Waals surface area contributed by atoms with Crippen molar-refractivity contribution in [3.05, 3.63) is 30.3 Å². The van der Waals surface area contributed by atoms with E-state index in [1.54, 1.807) is 19.0 Å². The van der Waals surface area contributed by atoms with Crippen LogP contribution in [0.15, 0.2) is 40.4 Å². The number of thioether (sulfide) groups is 1. The molecule has 0 unspecified atom stereocenters. The summed E-state index contributed by atoms with van der Waals surface area (Å²) in [5, 5.41) is 4.43. The Morgan fingerprint density at radius 3 is 2.81 bits per heavy atom. The molecule has 1 fully saturated rings. The van der Waals surface area contributed by atoms with Crippen LogP contribution in [0.1, 0.15) is 0 Å². The largest absolute Gasteiger partial charge is 0.446 e. The molecule has 1 saturated heterocycles. The fourth-order valence-corrected chi connectivity index (χ4v) is 3.06. The van der Waals surface area contributed by atoms with Crippen molar-refractivity contribution in [1.29, 1.82) is 0 Å². The van der Waals surface area contributed by atoms with Crippen LogP contribution >= 0.6 is 23.7 Å². The van der Waals surface area contributed by atoms with Gasteiger partial charge in [0.2, 0.25) is 5.91 Å². The zero-order chi connectivity index (χ0) is 15.2. The first kappa shape index (κ1) is 15.7. The molecule has 1 aliphatic rings. The topological polar surface area (TPSA) is 62.2 Å². The smallest absolute Gasteiger partial charge is 0.338 e. The Balaban J connectivity index is 1.85. The number of hydrogen-bond acceptors (Lipinski definition) is 6. The predicted octanol–water partition coefficient (Wildman–Crippen LogP) is 2.28. The summed E-state index contributed by atoms with van der Waals surface area (Å²) in [7, 11) is 3.31. The van der Waals surface area contributed by atoms with Crippen molar-refractivity contribution in [2.75, 3.05) is 26.4 Å². The molecule has 2 rings (SSSR count). The molecule has 0 spiro atoms. The van der Waals surface area contributed by atoms with Gasteiger partial charge in [-0.25, -0.2) is 9.10 Å². The van der Waals surface area contributed by atoms with E-state index in [0.29, 0.717) is 17.3 Å². The number of carbonyl (C=O) groups excluding carboxylic acids is 2. The number of benzene rings is 1. The minimum atomic E-state index is -0.559. The normalized spacial score (nSPS) is 17.0. The van der Waals surface area contributed by atoms with Gasteiger partial charge in [0, 0.05) is 19.0 Å². The maximum absolute atomic E-state index is 11.8. The van der Waals surface area contributed by atoms with Gasteiger partial charge in [-0.3, -0.25) is 9.63 Å². The standard InChI is InChI=1S/C13H15N3O3S2/c1-15-8-11(20-9-12(15)17)14-19-13(18)16(2)21-10-6-4-3-5-7-10/h3-7H,8-9H2,1-2H3. The Morgan fingerprint density at radius 2 is 2.14 bits per heavy atom. The zero-order valence-electron chi connectivity index (χ0n) is 11.7. The van der Waals surface area contributed by atoms with Crippen LogP contribution in [0.2, 0.25) is 0 Å². The molecule has 0 bridgehead atoms. The minimum Gasteiger partial charge on any atom is -0.338 e. The van der Waals surface area contributed by atoms with Gasteiger partial charge in [0.1, 0.15) is 5.04 Å². The van der Waals surface area contributed by atoms with Crippen LogP contribution in [0.25, 0.3) is 0 Å². The lowest BCUT2D eigenvalue weighted by molar-refractivity contribution is -0.126. The number of rotatable bonds is 3. The number of hydrogen-bond donors (Lipinski definition) is 0. The molecule has 0 aromatic heterocycles. The lowest BCUT2D eigenvalue weighted by Crippen LogP contribution is -2.37. The van der Waals surface area contributed by atoms with E-state index in [-0.39, 0.29) is 5.91 Å². The van der Waals surface area contributed by atoms with Gasteiger partial charge < -0.3 is 4.90 Å². The van der Waals surface area contributed by atoms with Crippen LogP contribution in [0, 0.1) is 0 Å². The molecule has 8 heteroatoms. The summed E-state index contributed by atoms with van der Waals surface area (Å²) < 4.78 is 1.36. The third-order valence-electron chi connectivity index (χ3n) is 2.63. The van der Waals surface area contributed by atoms with Crippen LogP contribution in [0.4, 0.5) is 4.79 Å². The first-order valence-corrected chi connectivity index (χ1v) is 7.93. The van der Waals surface area contributed by atoms with Crippen molar-refractivity contribution >= 4 is 40.8 Å². The van der Waals surface area contributed by atoms with E-state index in [2.05, 4.69) is 5.16 Å². The van der Waals surface area contributed by atoms with E-state index in [1.165, 1.54) is 28.0 Å². The molecule has 0 N–H and O–H groups in total. The van der Waals surface area contributed by atoms with Crippen LogP contribution in [0.3, 0.4) is 0 Å². The monoisotopic (exact) mass is 325 g/mol. The first-order chi connectivity index (χ1) is 10.1. The summed E-state index contributed by atoms with van der Waals surface area (Å²) in [5.74, 6) is 0.364. The van der Waals surface area contributed by atoms with Gasteiger partial charge in [-0.15, -0.1) is 0 Å². The van der Waals surface area contributed by atoms with Crippen LogP contribution < -0.4 is 0 Å². The summed E-state index contributed by atoms with van der Waals surface area (Å²) in [5.41, 5.74) is 0. The van der Waals surface area contributed by atoms with Gasteiger partial charge in [-0.1, -0.05) is 35.1 Å². The molecule has 6 nitrogen and oxygen atoms in total. The van der Waals surface area contributed by atoms with Crippen LogP contribution in [-0.2, 0) is 9.63 Å². The first-order valence-electron chi connectivity index (χ1n) is 6.17. The Morgan fingerprint density at radius 1 is 1.43 bits per heavy atom. The highest BCUT2D eigenvalue weighted by Gasteiger charge is 2.21. The fourth-order valence-electron chi connectivity index (χ4n) is 1.47.